The van der Waals surface area contributed by atoms with Gasteiger partial charge in [-0.15, -0.1) is 0 Å². The minimum absolute atomic E-state index is 0.436. The molecule has 0 aliphatic heterocycles. The number of nitrogens with zero attached hydrogens (tertiary/aromatic N) is 1. The van der Waals surface area contributed by atoms with Crippen molar-refractivity contribution in [2.45, 2.75) is 26.2 Å². The number of carboxylic acid groups (broad SMARTS) is 1. The van der Waals surface area contributed by atoms with Gasteiger partial charge in [0.25, 0.3) is 0 Å². The maximum Gasteiger partial charge on any atom is 0.309 e. The lowest BCUT2D eigenvalue weighted by atomic mass is 9.97. The van der Waals surface area contributed by atoms with E-state index in [2.05, 4.69) is 4.98 Å². The Morgan fingerprint density at radius 1 is 1.60 bits per heavy atom. The summed E-state index contributed by atoms with van der Waals surface area (Å²) in [6.45, 7) is 1.86. The Morgan fingerprint density at radius 3 is 2.73 bits per heavy atom. The number of pyridine rings is 1. The maximum atomic E-state index is 11.0. The Hall–Kier alpha value is -1.09. The molecule has 80 valence electrons. The van der Waals surface area contributed by atoms with E-state index < -0.39 is 11.4 Å². The fourth-order valence-corrected chi connectivity index (χ4v) is 2.08. The van der Waals surface area contributed by atoms with Crippen LogP contribution in [0.25, 0.3) is 0 Å². The van der Waals surface area contributed by atoms with E-state index in [1.54, 1.807) is 6.07 Å². The second-order valence-electron chi connectivity index (χ2n) is 4.20. The first-order valence-corrected chi connectivity index (χ1v) is 5.26. The molecule has 0 bridgehead atoms. The van der Waals surface area contributed by atoms with Crippen LogP contribution in [0.1, 0.15) is 24.1 Å². The molecule has 1 aliphatic carbocycles. The van der Waals surface area contributed by atoms with E-state index in [-0.39, 0.29) is 0 Å². The second-order valence-corrected chi connectivity index (χ2v) is 4.59. The van der Waals surface area contributed by atoms with Crippen LogP contribution in [0.5, 0.6) is 0 Å². The molecule has 1 fully saturated rings. The predicted octanol–water partition coefficient (Wildman–Crippen LogP) is 2.45. The molecule has 1 aromatic heterocycles. The van der Waals surface area contributed by atoms with Gasteiger partial charge >= 0.3 is 5.97 Å². The molecule has 1 aromatic rings. The first kappa shape index (κ1) is 10.4. The molecule has 1 aliphatic rings. The molecule has 2 rings (SSSR count). The Morgan fingerprint density at radius 2 is 2.27 bits per heavy atom. The molecule has 3 nitrogen and oxygen atoms in total. The summed E-state index contributed by atoms with van der Waals surface area (Å²) in [5.41, 5.74) is 1.27. The Kier molecular flexibility index (Phi) is 2.43. The topological polar surface area (TPSA) is 50.2 Å². The molecule has 0 spiro atoms. The van der Waals surface area contributed by atoms with Crippen LogP contribution < -0.4 is 0 Å². The average Bonchev–Trinajstić information content (AvgIpc) is 2.83. The summed E-state index contributed by atoms with van der Waals surface area (Å²) in [5, 5.41) is 9.49. The quantitative estimate of drug-likeness (QED) is 0.804. The zero-order valence-electron chi connectivity index (χ0n) is 8.46. The zero-order chi connectivity index (χ0) is 11.1. The minimum Gasteiger partial charge on any atom is -0.481 e. The monoisotopic (exact) mass is 225 g/mol. The standard InChI is InChI=1S/C11H12ClNO2/c1-7-4-8(5-9(12)13-7)6-11(2-3-11)10(14)15/h4-5H,2-3,6H2,1H3,(H,14,15). The molecule has 0 atom stereocenters. The molecule has 15 heavy (non-hydrogen) atoms. The van der Waals surface area contributed by atoms with E-state index in [0.29, 0.717) is 11.6 Å². The number of carbonyl (C=O) groups is 1. The van der Waals surface area contributed by atoms with Gasteiger partial charge in [-0.1, -0.05) is 11.6 Å². The van der Waals surface area contributed by atoms with Crippen molar-refractivity contribution in [2.24, 2.45) is 5.41 Å². The van der Waals surface area contributed by atoms with Crippen LogP contribution >= 0.6 is 11.6 Å². The number of aromatic nitrogens is 1. The van der Waals surface area contributed by atoms with Gasteiger partial charge in [0.1, 0.15) is 5.15 Å². The molecule has 1 heterocycles. The highest BCUT2D eigenvalue weighted by atomic mass is 35.5. The molecule has 0 saturated heterocycles. The van der Waals surface area contributed by atoms with Crippen molar-refractivity contribution in [3.8, 4) is 0 Å². The Bertz CT molecular complexity index is 393. The molecule has 4 heteroatoms. The molecule has 0 aromatic carbocycles. The van der Waals surface area contributed by atoms with Crippen LogP contribution in [0.2, 0.25) is 5.15 Å². The second kappa shape index (κ2) is 3.49. The zero-order valence-corrected chi connectivity index (χ0v) is 9.21. The molecular weight excluding hydrogens is 214 g/mol. The van der Waals surface area contributed by atoms with Crippen LogP contribution in [-0.4, -0.2) is 16.1 Å². The molecule has 0 radical (unpaired) electrons. The minimum atomic E-state index is -0.701. The van der Waals surface area contributed by atoms with Crippen molar-refractivity contribution in [1.29, 1.82) is 0 Å². The Labute approximate surface area is 93.1 Å². The number of aliphatic carboxylic acids is 1. The first-order valence-electron chi connectivity index (χ1n) is 4.88. The van der Waals surface area contributed by atoms with Gasteiger partial charge in [0.15, 0.2) is 0 Å². The summed E-state index contributed by atoms with van der Waals surface area (Å²) >= 11 is 5.82. The van der Waals surface area contributed by atoms with Crippen LogP contribution in [-0.2, 0) is 11.2 Å². The van der Waals surface area contributed by atoms with E-state index in [1.807, 2.05) is 13.0 Å². The van der Waals surface area contributed by atoms with Gasteiger partial charge in [-0.25, -0.2) is 4.98 Å². The summed E-state index contributed by atoms with van der Waals surface area (Å²) in [5.74, 6) is -0.701. The number of carboxylic acids is 1. The number of rotatable bonds is 3. The van der Waals surface area contributed by atoms with Gasteiger partial charge in [-0.2, -0.15) is 0 Å². The lowest BCUT2D eigenvalue weighted by Crippen LogP contribution is -2.17. The van der Waals surface area contributed by atoms with E-state index in [4.69, 9.17) is 16.7 Å². The van der Waals surface area contributed by atoms with E-state index in [0.717, 1.165) is 24.1 Å². The van der Waals surface area contributed by atoms with Gasteiger partial charge in [0.2, 0.25) is 0 Å². The number of halogens is 1. The molecule has 1 N–H and O–H groups in total. The first-order chi connectivity index (χ1) is 7.02. The molecule has 0 amide bonds. The highest BCUT2D eigenvalue weighted by Crippen LogP contribution is 2.48. The van der Waals surface area contributed by atoms with Gasteiger partial charge < -0.3 is 5.11 Å². The summed E-state index contributed by atoms with van der Waals surface area (Å²) in [6.07, 6.45) is 2.09. The van der Waals surface area contributed by atoms with Gasteiger partial charge in [0.05, 0.1) is 5.41 Å². The van der Waals surface area contributed by atoms with Crippen molar-refractivity contribution in [2.75, 3.05) is 0 Å². The number of aryl methyl sites for hydroxylation is 1. The largest absolute Gasteiger partial charge is 0.481 e. The summed E-state index contributed by atoms with van der Waals surface area (Å²) in [4.78, 5) is 15.1. The number of hydrogen-bond donors (Lipinski definition) is 1. The summed E-state index contributed by atoms with van der Waals surface area (Å²) in [7, 11) is 0. The molecule has 0 unspecified atom stereocenters. The lowest BCUT2D eigenvalue weighted by Gasteiger charge is -2.10. The van der Waals surface area contributed by atoms with Crippen molar-refractivity contribution < 1.29 is 9.90 Å². The maximum absolute atomic E-state index is 11.0. The van der Waals surface area contributed by atoms with Gasteiger partial charge in [-0.05, 0) is 43.9 Å². The normalized spacial score (nSPS) is 17.5. The average molecular weight is 226 g/mol. The van der Waals surface area contributed by atoms with Crippen molar-refractivity contribution in [3.63, 3.8) is 0 Å². The third-order valence-electron chi connectivity index (χ3n) is 2.83. The summed E-state index contributed by atoms with van der Waals surface area (Å²) in [6, 6.07) is 3.65. The third kappa shape index (κ3) is 2.12. The van der Waals surface area contributed by atoms with Crippen molar-refractivity contribution in [3.05, 3.63) is 28.5 Å². The summed E-state index contributed by atoms with van der Waals surface area (Å²) < 4.78 is 0. The number of hydrogen-bond acceptors (Lipinski definition) is 2. The highest BCUT2D eigenvalue weighted by molar-refractivity contribution is 6.29. The van der Waals surface area contributed by atoms with E-state index in [9.17, 15) is 4.79 Å². The van der Waals surface area contributed by atoms with Gasteiger partial charge in [-0.3, -0.25) is 4.79 Å². The van der Waals surface area contributed by atoms with Crippen LogP contribution in [0.3, 0.4) is 0 Å². The van der Waals surface area contributed by atoms with Crippen LogP contribution in [0.4, 0.5) is 0 Å². The SMILES string of the molecule is Cc1cc(CC2(C(=O)O)CC2)cc(Cl)n1. The van der Waals surface area contributed by atoms with Crippen LogP contribution in [0, 0.1) is 12.3 Å². The van der Waals surface area contributed by atoms with Gasteiger partial charge in [0, 0.05) is 5.69 Å². The van der Waals surface area contributed by atoms with Crippen molar-refractivity contribution in [1.82, 2.24) is 4.98 Å². The fraction of sp³-hybridized carbons (Fsp3) is 0.455. The smallest absolute Gasteiger partial charge is 0.309 e. The van der Waals surface area contributed by atoms with Crippen molar-refractivity contribution >= 4 is 17.6 Å². The Balaban J connectivity index is 2.21. The highest BCUT2D eigenvalue weighted by Gasteiger charge is 2.49. The molecular formula is C11H12ClNO2. The molecule has 1 saturated carbocycles. The van der Waals surface area contributed by atoms with E-state index >= 15 is 0 Å². The van der Waals surface area contributed by atoms with E-state index in [1.165, 1.54) is 0 Å². The van der Waals surface area contributed by atoms with Crippen LogP contribution in [0.15, 0.2) is 12.1 Å². The third-order valence-corrected chi connectivity index (χ3v) is 3.03. The fourth-order valence-electron chi connectivity index (χ4n) is 1.81. The predicted molar refractivity (Wildman–Crippen MR) is 57.0 cm³/mol. The lowest BCUT2D eigenvalue weighted by molar-refractivity contribution is -0.143.